The minimum atomic E-state index is -0.0577. The van der Waals surface area contributed by atoms with Crippen molar-refractivity contribution in [1.82, 2.24) is 19.9 Å². The first-order valence-electron chi connectivity index (χ1n) is 10.1. The summed E-state index contributed by atoms with van der Waals surface area (Å²) < 4.78 is 0. The fourth-order valence-electron chi connectivity index (χ4n) is 3.08. The Kier molecular flexibility index (Phi) is 7.28. The Morgan fingerprint density at radius 2 is 1.76 bits per heavy atom. The summed E-state index contributed by atoms with van der Waals surface area (Å²) in [5.74, 6) is 1.11. The van der Waals surface area contributed by atoms with Crippen LogP contribution in [0.15, 0.2) is 60.9 Å². The molecule has 0 atom stereocenters. The molecule has 0 saturated heterocycles. The number of carbonyl (C=O) groups is 1. The summed E-state index contributed by atoms with van der Waals surface area (Å²) in [4.78, 5) is 28.4. The van der Waals surface area contributed by atoms with Gasteiger partial charge in [-0.3, -0.25) is 9.78 Å². The predicted molar refractivity (Wildman–Crippen MR) is 116 cm³/mol. The maximum Gasteiger partial charge on any atom is 0.272 e. The van der Waals surface area contributed by atoms with Crippen molar-refractivity contribution < 1.29 is 4.79 Å². The summed E-state index contributed by atoms with van der Waals surface area (Å²) in [5.41, 5.74) is 2.33. The highest BCUT2D eigenvalue weighted by Crippen LogP contribution is 2.19. The van der Waals surface area contributed by atoms with Crippen molar-refractivity contribution in [3.05, 3.63) is 72.2 Å². The normalized spacial score (nSPS) is 10.6. The van der Waals surface area contributed by atoms with Crippen LogP contribution in [0.3, 0.4) is 0 Å². The quantitative estimate of drug-likeness (QED) is 0.587. The molecule has 0 spiro atoms. The van der Waals surface area contributed by atoms with Gasteiger partial charge in [-0.2, -0.15) is 0 Å². The molecular formula is C23H27N5O. The molecule has 0 saturated carbocycles. The molecule has 0 aliphatic heterocycles. The SMILES string of the molecule is CCCN(CCC)C(=O)c1cc(NCc2cccnc2)nc(-c2ccccc2)n1. The van der Waals surface area contributed by atoms with Crippen LogP contribution in [-0.4, -0.2) is 38.8 Å². The molecule has 1 N–H and O–H groups in total. The lowest BCUT2D eigenvalue weighted by atomic mass is 10.2. The molecule has 0 fully saturated rings. The fourth-order valence-corrected chi connectivity index (χ4v) is 3.08. The standard InChI is InChI=1S/C23H27N5O/c1-3-13-28(14-4-2)23(29)20-15-21(25-17-18-9-8-12-24-16-18)27-22(26-20)19-10-6-5-7-11-19/h5-12,15-16H,3-4,13-14,17H2,1-2H3,(H,25,26,27). The maximum atomic E-state index is 13.1. The third-order valence-electron chi connectivity index (χ3n) is 4.45. The predicted octanol–water partition coefficient (Wildman–Crippen LogP) is 4.41. The second kappa shape index (κ2) is 10.3. The van der Waals surface area contributed by atoms with Crippen molar-refractivity contribution >= 4 is 11.7 Å². The fraction of sp³-hybridized carbons (Fsp3) is 0.304. The summed E-state index contributed by atoms with van der Waals surface area (Å²) in [6, 6.07) is 15.4. The van der Waals surface area contributed by atoms with Gasteiger partial charge < -0.3 is 10.2 Å². The summed E-state index contributed by atoms with van der Waals surface area (Å²) in [5, 5.41) is 3.31. The molecule has 2 aromatic heterocycles. The molecule has 0 unspecified atom stereocenters. The van der Waals surface area contributed by atoms with Gasteiger partial charge in [-0.05, 0) is 24.5 Å². The Morgan fingerprint density at radius 1 is 1.00 bits per heavy atom. The summed E-state index contributed by atoms with van der Waals surface area (Å²) >= 11 is 0. The van der Waals surface area contributed by atoms with Gasteiger partial charge in [0.25, 0.3) is 5.91 Å². The zero-order valence-corrected chi connectivity index (χ0v) is 17.0. The highest BCUT2D eigenvalue weighted by Gasteiger charge is 2.18. The third-order valence-corrected chi connectivity index (χ3v) is 4.45. The van der Waals surface area contributed by atoms with E-state index in [9.17, 15) is 4.79 Å². The molecule has 6 heteroatoms. The van der Waals surface area contributed by atoms with Crippen LogP contribution in [0.4, 0.5) is 5.82 Å². The largest absolute Gasteiger partial charge is 0.366 e. The van der Waals surface area contributed by atoms with Crippen LogP contribution >= 0.6 is 0 Å². The lowest BCUT2D eigenvalue weighted by molar-refractivity contribution is 0.0749. The monoisotopic (exact) mass is 389 g/mol. The molecule has 2 heterocycles. The van der Waals surface area contributed by atoms with Crippen LogP contribution in [0.1, 0.15) is 42.7 Å². The van der Waals surface area contributed by atoms with Gasteiger partial charge in [-0.1, -0.05) is 50.2 Å². The molecule has 150 valence electrons. The van der Waals surface area contributed by atoms with E-state index in [0.29, 0.717) is 23.9 Å². The van der Waals surface area contributed by atoms with Crippen molar-refractivity contribution in [3.63, 3.8) is 0 Å². The number of nitrogens with one attached hydrogen (secondary N) is 1. The summed E-state index contributed by atoms with van der Waals surface area (Å²) in [7, 11) is 0. The average Bonchev–Trinajstić information content (AvgIpc) is 2.78. The van der Waals surface area contributed by atoms with Crippen LogP contribution in [0, 0.1) is 0 Å². The van der Waals surface area contributed by atoms with E-state index in [2.05, 4.69) is 34.1 Å². The summed E-state index contributed by atoms with van der Waals surface area (Å²) in [6.45, 7) is 6.16. The highest BCUT2D eigenvalue weighted by atomic mass is 16.2. The Hall–Kier alpha value is -3.28. The maximum absolute atomic E-state index is 13.1. The number of amides is 1. The van der Waals surface area contributed by atoms with Crippen molar-refractivity contribution in [3.8, 4) is 11.4 Å². The van der Waals surface area contributed by atoms with Gasteiger partial charge in [-0.15, -0.1) is 0 Å². The average molecular weight is 390 g/mol. The molecule has 6 nitrogen and oxygen atoms in total. The Morgan fingerprint density at radius 3 is 2.41 bits per heavy atom. The molecule has 3 aromatic rings. The number of hydrogen-bond donors (Lipinski definition) is 1. The zero-order chi connectivity index (χ0) is 20.5. The number of nitrogens with zero attached hydrogens (tertiary/aromatic N) is 4. The van der Waals surface area contributed by atoms with E-state index in [1.807, 2.05) is 53.6 Å². The molecular weight excluding hydrogens is 362 g/mol. The van der Waals surface area contributed by atoms with Gasteiger partial charge in [0.2, 0.25) is 0 Å². The lowest BCUT2D eigenvalue weighted by Gasteiger charge is -2.21. The molecule has 0 aliphatic rings. The van der Waals surface area contributed by atoms with Crippen LogP contribution in [0.5, 0.6) is 0 Å². The van der Waals surface area contributed by atoms with Gasteiger partial charge in [0.15, 0.2) is 5.82 Å². The van der Waals surface area contributed by atoms with Gasteiger partial charge in [0.1, 0.15) is 11.5 Å². The number of anilines is 1. The van der Waals surface area contributed by atoms with Gasteiger partial charge in [-0.25, -0.2) is 9.97 Å². The van der Waals surface area contributed by atoms with Crippen molar-refractivity contribution in [2.75, 3.05) is 18.4 Å². The van der Waals surface area contributed by atoms with Crippen LogP contribution in [0.25, 0.3) is 11.4 Å². The molecule has 1 aromatic carbocycles. The van der Waals surface area contributed by atoms with E-state index < -0.39 is 0 Å². The van der Waals surface area contributed by atoms with Gasteiger partial charge in [0.05, 0.1) is 0 Å². The smallest absolute Gasteiger partial charge is 0.272 e. The van der Waals surface area contributed by atoms with Crippen LogP contribution in [-0.2, 0) is 6.54 Å². The zero-order valence-electron chi connectivity index (χ0n) is 17.0. The van der Waals surface area contributed by atoms with Crippen molar-refractivity contribution in [2.45, 2.75) is 33.2 Å². The second-order valence-corrected chi connectivity index (χ2v) is 6.84. The van der Waals surface area contributed by atoms with Gasteiger partial charge in [0, 0.05) is 43.7 Å². The minimum Gasteiger partial charge on any atom is -0.366 e. The molecule has 1 amide bonds. The number of benzene rings is 1. The molecule has 0 aliphatic carbocycles. The Bertz CT molecular complexity index is 909. The third kappa shape index (κ3) is 5.60. The van der Waals surface area contributed by atoms with Crippen molar-refractivity contribution in [1.29, 1.82) is 0 Å². The number of pyridine rings is 1. The van der Waals surface area contributed by atoms with Gasteiger partial charge >= 0.3 is 0 Å². The Labute approximate surface area is 172 Å². The lowest BCUT2D eigenvalue weighted by Crippen LogP contribution is -2.33. The number of hydrogen-bond acceptors (Lipinski definition) is 5. The van der Waals surface area contributed by atoms with Crippen LogP contribution < -0.4 is 5.32 Å². The van der Waals surface area contributed by atoms with E-state index in [1.165, 1.54) is 0 Å². The first-order chi connectivity index (χ1) is 14.2. The second-order valence-electron chi connectivity index (χ2n) is 6.84. The minimum absolute atomic E-state index is 0.0577. The number of aromatic nitrogens is 3. The summed E-state index contributed by atoms with van der Waals surface area (Å²) in [6.07, 6.45) is 5.38. The van der Waals surface area contributed by atoms with E-state index in [0.717, 1.165) is 37.1 Å². The number of rotatable bonds is 9. The van der Waals surface area contributed by atoms with E-state index in [-0.39, 0.29) is 5.91 Å². The number of carbonyl (C=O) groups excluding carboxylic acids is 1. The topological polar surface area (TPSA) is 71.0 Å². The molecule has 0 radical (unpaired) electrons. The van der Waals surface area contributed by atoms with Crippen LogP contribution in [0.2, 0.25) is 0 Å². The van der Waals surface area contributed by atoms with Crippen molar-refractivity contribution in [2.24, 2.45) is 0 Å². The van der Waals surface area contributed by atoms with E-state index >= 15 is 0 Å². The molecule has 29 heavy (non-hydrogen) atoms. The molecule has 3 rings (SSSR count). The van der Waals surface area contributed by atoms with E-state index in [1.54, 1.807) is 12.3 Å². The first kappa shape index (κ1) is 20.5. The Balaban J connectivity index is 1.93. The highest BCUT2D eigenvalue weighted by molar-refractivity contribution is 5.93. The first-order valence-corrected chi connectivity index (χ1v) is 10.1. The molecule has 0 bridgehead atoms. The van der Waals surface area contributed by atoms with E-state index in [4.69, 9.17) is 0 Å².